The van der Waals surface area contributed by atoms with Gasteiger partial charge in [0.2, 0.25) is 0 Å². The lowest BCUT2D eigenvalue weighted by atomic mass is 10.1. The molecule has 1 aromatic heterocycles. The summed E-state index contributed by atoms with van der Waals surface area (Å²) in [6.07, 6.45) is 0. The number of halogens is 1. The Morgan fingerprint density at radius 2 is 1.68 bits per heavy atom. The first kappa shape index (κ1) is 18.4. The molecule has 3 aromatic carbocycles. The number of aryl methyl sites for hydroxylation is 2. The van der Waals surface area contributed by atoms with Crippen LogP contribution in [0.4, 0.5) is 4.39 Å². The summed E-state index contributed by atoms with van der Waals surface area (Å²) < 4.78 is 15.6. The van der Waals surface area contributed by atoms with Gasteiger partial charge >= 0.3 is 0 Å². The van der Waals surface area contributed by atoms with Crippen molar-refractivity contribution in [1.82, 2.24) is 14.8 Å². The van der Waals surface area contributed by atoms with Gasteiger partial charge in [0.1, 0.15) is 5.82 Å². The maximum absolute atomic E-state index is 13.5. The van der Waals surface area contributed by atoms with Crippen molar-refractivity contribution in [2.45, 2.75) is 24.8 Å². The molecule has 0 aliphatic carbocycles. The van der Waals surface area contributed by atoms with Gasteiger partial charge in [-0.1, -0.05) is 60.3 Å². The Kier molecular flexibility index (Phi) is 5.26. The van der Waals surface area contributed by atoms with Crippen molar-refractivity contribution in [3.05, 3.63) is 95.3 Å². The van der Waals surface area contributed by atoms with Gasteiger partial charge in [0.15, 0.2) is 11.0 Å². The van der Waals surface area contributed by atoms with Crippen molar-refractivity contribution in [1.29, 1.82) is 0 Å². The van der Waals surface area contributed by atoms with E-state index in [-0.39, 0.29) is 5.82 Å². The summed E-state index contributed by atoms with van der Waals surface area (Å²) in [5.41, 5.74) is 5.40. The van der Waals surface area contributed by atoms with E-state index in [1.165, 1.54) is 17.2 Å². The third-order valence-corrected chi connectivity index (χ3v) is 5.67. The van der Waals surface area contributed by atoms with Crippen molar-refractivity contribution < 1.29 is 4.39 Å². The molecule has 0 amide bonds. The normalized spacial score (nSPS) is 11.0. The predicted molar refractivity (Wildman–Crippen MR) is 112 cm³/mol. The van der Waals surface area contributed by atoms with Crippen LogP contribution in [0.25, 0.3) is 17.1 Å². The molecule has 0 saturated heterocycles. The Bertz CT molecular complexity index is 1110. The molecule has 0 radical (unpaired) electrons. The number of aromatic nitrogens is 3. The molecule has 5 heteroatoms. The predicted octanol–water partition coefficient (Wildman–Crippen LogP) is 5.98. The quantitative estimate of drug-likeness (QED) is 0.393. The minimum absolute atomic E-state index is 0.223. The number of hydrogen-bond acceptors (Lipinski definition) is 3. The third kappa shape index (κ3) is 3.85. The molecule has 0 N–H and O–H groups in total. The monoisotopic (exact) mass is 389 g/mol. The van der Waals surface area contributed by atoms with Gasteiger partial charge in [-0.25, -0.2) is 4.39 Å². The van der Waals surface area contributed by atoms with E-state index in [0.29, 0.717) is 5.75 Å². The molecule has 0 fully saturated rings. The Hall–Kier alpha value is -2.92. The van der Waals surface area contributed by atoms with Crippen LogP contribution in [0.15, 0.2) is 78.0 Å². The number of rotatable bonds is 5. The molecular weight excluding hydrogens is 369 g/mol. The zero-order valence-electron chi connectivity index (χ0n) is 15.8. The zero-order valence-corrected chi connectivity index (χ0v) is 16.6. The van der Waals surface area contributed by atoms with Crippen LogP contribution in [0, 0.1) is 19.7 Å². The maximum atomic E-state index is 13.5. The molecule has 1 heterocycles. The maximum Gasteiger partial charge on any atom is 0.196 e. The second-order valence-corrected chi connectivity index (χ2v) is 7.64. The molecule has 0 spiro atoms. The topological polar surface area (TPSA) is 30.7 Å². The van der Waals surface area contributed by atoms with E-state index < -0.39 is 0 Å². The van der Waals surface area contributed by atoms with Crippen LogP contribution in [-0.2, 0) is 5.75 Å². The number of hydrogen-bond donors (Lipinski definition) is 0. The van der Waals surface area contributed by atoms with Gasteiger partial charge in [-0.2, -0.15) is 0 Å². The van der Waals surface area contributed by atoms with Gasteiger partial charge < -0.3 is 0 Å². The van der Waals surface area contributed by atoms with Crippen LogP contribution in [0.3, 0.4) is 0 Å². The summed E-state index contributed by atoms with van der Waals surface area (Å²) in [4.78, 5) is 0. The SMILES string of the molecule is Cc1ccc(-n2c(SCc3cccc(F)c3)nnc2-c2ccccc2)cc1C. The smallest absolute Gasteiger partial charge is 0.196 e. The highest BCUT2D eigenvalue weighted by molar-refractivity contribution is 7.98. The summed E-state index contributed by atoms with van der Waals surface area (Å²) in [6, 6.07) is 23.1. The summed E-state index contributed by atoms with van der Waals surface area (Å²) in [5, 5.41) is 9.69. The fraction of sp³-hybridized carbons (Fsp3) is 0.130. The molecule has 0 saturated carbocycles. The molecular formula is C23H20FN3S. The summed E-state index contributed by atoms with van der Waals surface area (Å²) >= 11 is 1.55. The van der Waals surface area contributed by atoms with Crippen molar-refractivity contribution in [2.75, 3.05) is 0 Å². The molecule has 3 nitrogen and oxygen atoms in total. The fourth-order valence-corrected chi connectivity index (χ4v) is 3.90. The highest BCUT2D eigenvalue weighted by Crippen LogP contribution is 2.30. The number of benzene rings is 3. The molecule has 4 aromatic rings. The van der Waals surface area contributed by atoms with E-state index in [1.807, 2.05) is 36.4 Å². The average Bonchev–Trinajstić information content (AvgIpc) is 3.13. The van der Waals surface area contributed by atoms with Crippen LogP contribution in [0.1, 0.15) is 16.7 Å². The first-order chi connectivity index (χ1) is 13.6. The molecule has 0 unspecified atom stereocenters. The van der Waals surface area contributed by atoms with Crippen molar-refractivity contribution in [3.8, 4) is 17.1 Å². The van der Waals surface area contributed by atoms with Crippen molar-refractivity contribution >= 4 is 11.8 Å². The Morgan fingerprint density at radius 3 is 2.43 bits per heavy atom. The summed E-state index contributed by atoms with van der Waals surface area (Å²) in [6.45, 7) is 4.20. The van der Waals surface area contributed by atoms with E-state index in [9.17, 15) is 4.39 Å². The Balaban J connectivity index is 1.75. The van der Waals surface area contributed by atoms with Gasteiger partial charge in [-0.3, -0.25) is 4.57 Å². The number of nitrogens with zero attached hydrogens (tertiary/aromatic N) is 3. The first-order valence-electron chi connectivity index (χ1n) is 9.07. The lowest BCUT2D eigenvalue weighted by Crippen LogP contribution is -2.01. The molecule has 28 heavy (non-hydrogen) atoms. The first-order valence-corrected chi connectivity index (χ1v) is 10.1. The molecule has 0 bridgehead atoms. The average molecular weight is 389 g/mol. The van der Waals surface area contributed by atoms with E-state index in [1.54, 1.807) is 23.9 Å². The van der Waals surface area contributed by atoms with Gasteiger partial charge in [-0.15, -0.1) is 10.2 Å². The van der Waals surface area contributed by atoms with E-state index in [0.717, 1.165) is 27.8 Å². The lowest BCUT2D eigenvalue weighted by molar-refractivity contribution is 0.626. The van der Waals surface area contributed by atoms with E-state index in [4.69, 9.17) is 0 Å². The number of thioether (sulfide) groups is 1. The lowest BCUT2D eigenvalue weighted by Gasteiger charge is -2.12. The standard InChI is InChI=1S/C23H20FN3S/c1-16-11-12-21(13-17(16)2)27-22(19-8-4-3-5-9-19)25-26-23(27)28-15-18-7-6-10-20(24)14-18/h3-14H,15H2,1-2H3. The third-order valence-electron chi connectivity index (χ3n) is 4.67. The highest BCUT2D eigenvalue weighted by Gasteiger charge is 2.16. The Labute approximate surface area is 168 Å². The fourth-order valence-electron chi connectivity index (χ4n) is 3.01. The van der Waals surface area contributed by atoms with Crippen molar-refractivity contribution in [3.63, 3.8) is 0 Å². The zero-order chi connectivity index (χ0) is 19.5. The summed E-state index contributed by atoms with van der Waals surface area (Å²) in [7, 11) is 0. The minimum atomic E-state index is -0.223. The van der Waals surface area contributed by atoms with E-state index >= 15 is 0 Å². The van der Waals surface area contributed by atoms with Gasteiger partial charge in [0.25, 0.3) is 0 Å². The molecule has 0 aliphatic heterocycles. The summed E-state index contributed by atoms with van der Waals surface area (Å²) in [5.74, 6) is 1.19. The van der Waals surface area contributed by atoms with Gasteiger partial charge in [0.05, 0.1) is 5.69 Å². The van der Waals surface area contributed by atoms with Crippen molar-refractivity contribution in [2.24, 2.45) is 0 Å². The molecule has 4 rings (SSSR count). The van der Waals surface area contributed by atoms with Crippen LogP contribution >= 0.6 is 11.8 Å². The van der Waals surface area contributed by atoms with Crippen LogP contribution < -0.4 is 0 Å². The van der Waals surface area contributed by atoms with E-state index in [2.05, 4.69) is 46.8 Å². The Morgan fingerprint density at radius 1 is 0.857 bits per heavy atom. The molecule has 0 aliphatic rings. The molecule has 0 atom stereocenters. The highest BCUT2D eigenvalue weighted by atomic mass is 32.2. The second-order valence-electron chi connectivity index (χ2n) is 6.69. The van der Waals surface area contributed by atoms with Crippen LogP contribution in [-0.4, -0.2) is 14.8 Å². The second kappa shape index (κ2) is 7.98. The van der Waals surface area contributed by atoms with Gasteiger partial charge in [0, 0.05) is 11.3 Å². The van der Waals surface area contributed by atoms with Gasteiger partial charge in [-0.05, 0) is 54.8 Å². The molecule has 140 valence electrons. The van der Waals surface area contributed by atoms with Crippen LogP contribution in [0.2, 0.25) is 0 Å². The largest absolute Gasteiger partial charge is 0.270 e. The minimum Gasteiger partial charge on any atom is -0.270 e. The van der Waals surface area contributed by atoms with Crippen LogP contribution in [0.5, 0.6) is 0 Å².